The fraction of sp³-hybridized carbons (Fsp3) is 0.417. The minimum atomic E-state index is -3.52. The first-order valence-electron chi connectivity index (χ1n) is 5.76. The summed E-state index contributed by atoms with van der Waals surface area (Å²) >= 11 is 0. The van der Waals surface area contributed by atoms with Gasteiger partial charge in [0.2, 0.25) is 15.9 Å². The molecule has 0 saturated carbocycles. The van der Waals surface area contributed by atoms with Gasteiger partial charge in [-0.3, -0.25) is 4.79 Å². The number of hydrogen-bond donors (Lipinski definition) is 2. The molecule has 0 aromatic heterocycles. The van der Waals surface area contributed by atoms with E-state index in [0.29, 0.717) is 5.69 Å². The molecule has 0 aliphatic rings. The number of nitrogens with zero attached hydrogens (tertiary/aromatic N) is 1. The van der Waals surface area contributed by atoms with Crippen LogP contribution in [0, 0.1) is 6.92 Å². The predicted octanol–water partition coefficient (Wildman–Crippen LogP) is 0.531. The Hall–Kier alpha value is -1.44. The number of amides is 1. The molecule has 0 fully saturated rings. The molecule has 7 heteroatoms. The van der Waals surface area contributed by atoms with Gasteiger partial charge < -0.3 is 11.1 Å². The van der Waals surface area contributed by atoms with Crippen LogP contribution in [-0.4, -0.2) is 38.8 Å². The molecule has 0 saturated heterocycles. The summed E-state index contributed by atoms with van der Waals surface area (Å²) in [5.74, 6) is -0.359. The number of sulfonamides is 1. The molecule has 1 aromatic rings. The van der Waals surface area contributed by atoms with Gasteiger partial charge in [-0.15, -0.1) is 0 Å². The van der Waals surface area contributed by atoms with Crippen molar-refractivity contribution in [2.45, 2.75) is 24.8 Å². The third-order valence-corrected chi connectivity index (χ3v) is 4.47. The molecule has 1 amide bonds. The molecule has 0 spiro atoms. The van der Waals surface area contributed by atoms with Crippen LogP contribution in [0.2, 0.25) is 0 Å². The fourth-order valence-electron chi connectivity index (χ4n) is 1.35. The van der Waals surface area contributed by atoms with Crippen molar-refractivity contribution in [1.82, 2.24) is 4.31 Å². The standard InChI is InChI=1S/C12H19N3O3S/c1-8-5-6-10(19(17,18)15(3)4)7-11(8)14-12(16)9(2)13/h5-7,9H,13H2,1-4H3,(H,14,16)/t9-/m1/s1. The van der Waals surface area contributed by atoms with Gasteiger partial charge in [-0.05, 0) is 31.5 Å². The monoisotopic (exact) mass is 285 g/mol. The number of nitrogens with two attached hydrogens (primary N) is 1. The number of carbonyl (C=O) groups is 1. The molecule has 1 rings (SSSR count). The van der Waals surface area contributed by atoms with E-state index in [9.17, 15) is 13.2 Å². The summed E-state index contributed by atoms with van der Waals surface area (Å²) in [5, 5.41) is 2.61. The van der Waals surface area contributed by atoms with Crippen molar-refractivity contribution < 1.29 is 13.2 Å². The molecular formula is C12H19N3O3S. The number of benzene rings is 1. The maximum Gasteiger partial charge on any atom is 0.242 e. The molecule has 0 aliphatic heterocycles. The van der Waals surface area contributed by atoms with E-state index in [-0.39, 0.29) is 10.8 Å². The molecule has 1 aromatic carbocycles. The van der Waals surface area contributed by atoms with Gasteiger partial charge in [-0.25, -0.2) is 12.7 Å². The normalized spacial score (nSPS) is 13.4. The van der Waals surface area contributed by atoms with Crippen LogP contribution in [0.5, 0.6) is 0 Å². The van der Waals surface area contributed by atoms with Gasteiger partial charge in [0.05, 0.1) is 10.9 Å². The fourth-order valence-corrected chi connectivity index (χ4v) is 2.28. The molecule has 0 radical (unpaired) electrons. The minimum absolute atomic E-state index is 0.128. The van der Waals surface area contributed by atoms with Gasteiger partial charge in [0, 0.05) is 19.8 Å². The lowest BCUT2D eigenvalue weighted by Gasteiger charge is -2.15. The van der Waals surface area contributed by atoms with E-state index in [1.165, 1.54) is 26.2 Å². The zero-order chi connectivity index (χ0) is 14.8. The van der Waals surface area contributed by atoms with E-state index >= 15 is 0 Å². The van der Waals surface area contributed by atoms with Gasteiger partial charge in [-0.2, -0.15) is 0 Å². The van der Waals surface area contributed by atoms with E-state index in [1.54, 1.807) is 19.9 Å². The molecule has 6 nitrogen and oxygen atoms in total. The van der Waals surface area contributed by atoms with Gasteiger partial charge in [0.25, 0.3) is 0 Å². The van der Waals surface area contributed by atoms with Crippen LogP contribution in [0.4, 0.5) is 5.69 Å². The van der Waals surface area contributed by atoms with E-state index < -0.39 is 16.1 Å². The molecule has 1 atom stereocenters. The summed E-state index contributed by atoms with van der Waals surface area (Å²) in [6.45, 7) is 3.34. The van der Waals surface area contributed by atoms with Crippen LogP contribution in [0.3, 0.4) is 0 Å². The third kappa shape index (κ3) is 3.52. The topological polar surface area (TPSA) is 92.5 Å². The molecule has 0 heterocycles. The van der Waals surface area contributed by atoms with Crippen LogP contribution < -0.4 is 11.1 Å². The predicted molar refractivity (Wildman–Crippen MR) is 74.3 cm³/mol. The van der Waals surface area contributed by atoms with E-state index in [1.807, 2.05) is 0 Å². The highest BCUT2D eigenvalue weighted by atomic mass is 32.2. The van der Waals surface area contributed by atoms with Crippen LogP contribution in [0.1, 0.15) is 12.5 Å². The minimum Gasteiger partial charge on any atom is -0.324 e. The lowest BCUT2D eigenvalue weighted by atomic mass is 10.2. The van der Waals surface area contributed by atoms with Crippen molar-refractivity contribution in [3.63, 3.8) is 0 Å². The second kappa shape index (κ2) is 5.68. The maximum atomic E-state index is 12.0. The lowest BCUT2D eigenvalue weighted by molar-refractivity contribution is -0.117. The van der Waals surface area contributed by atoms with E-state index in [2.05, 4.69) is 5.32 Å². The summed E-state index contributed by atoms with van der Waals surface area (Å²) in [6.07, 6.45) is 0. The van der Waals surface area contributed by atoms with Crippen LogP contribution >= 0.6 is 0 Å². The van der Waals surface area contributed by atoms with Gasteiger partial charge in [0.1, 0.15) is 0 Å². The number of rotatable bonds is 4. The van der Waals surface area contributed by atoms with Crippen molar-refractivity contribution in [2.24, 2.45) is 5.73 Å². The van der Waals surface area contributed by atoms with Gasteiger partial charge in [0.15, 0.2) is 0 Å². The zero-order valence-corrected chi connectivity index (χ0v) is 12.3. The molecule has 106 valence electrons. The quantitative estimate of drug-likeness (QED) is 0.844. The van der Waals surface area contributed by atoms with Crippen molar-refractivity contribution >= 4 is 21.6 Å². The Morgan fingerprint density at radius 1 is 1.37 bits per heavy atom. The van der Waals surface area contributed by atoms with Gasteiger partial charge in [-0.1, -0.05) is 6.07 Å². The number of nitrogens with one attached hydrogen (secondary N) is 1. The largest absolute Gasteiger partial charge is 0.324 e. The molecule has 0 bridgehead atoms. The zero-order valence-electron chi connectivity index (χ0n) is 11.5. The van der Waals surface area contributed by atoms with E-state index in [0.717, 1.165) is 9.87 Å². The number of carbonyl (C=O) groups excluding carboxylic acids is 1. The summed E-state index contributed by atoms with van der Waals surface area (Å²) in [4.78, 5) is 11.7. The number of hydrogen-bond acceptors (Lipinski definition) is 4. The first-order chi connectivity index (χ1) is 8.66. The van der Waals surface area contributed by atoms with Crippen LogP contribution in [0.25, 0.3) is 0 Å². The van der Waals surface area contributed by atoms with Crippen LogP contribution in [-0.2, 0) is 14.8 Å². The first-order valence-corrected chi connectivity index (χ1v) is 7.20. The molecule has 0 aliphatic carbocycles. The second-order valence-electron chi connectivity index (χ2n) is 4.54. The highest BCUT2D eigenvalue weighted by molar-refractivity contribution is 7.89. The number of aryl methyl sites for hydroxylation is 1. The second-order valence-corrected chi connectivity index (χ2v) is 6.69. The highest BCUT2D eigenvalue weighted by Crippen LogP contribution is 2.22. The Morgan fingerprint density at radius 2 is 1.95 bits per heavy atom. The summed E-state index contributed by atoms with van der Waals surface area (Å²) < 4.78 is 25.1. The molecule has 3 N–H and O–H groups in total. The smallest absolute Gasteiger partial charge is 0.242 e. The van der Waals surface area contributed by atoms with Crippen molar-refractivity contribution in [2.75, 3.05) is 19.4 Å². The molecule has 0 unspecified atom stereocenters. The summed E-state index contributed by atoms with van der Waals surface area (Å²) in [5.41, 5.74) is 6.69. The lowest BCUT2D eigenvalue weighted by Crippen LogP contribution is -2.32. The van der Waals surface area contributed by atoms with Crippen molar-refractivity contribution in [1.29, 1.82) is 0 Å². The summed E-state index contributed by atoms with van der Waals surface area (Å²) in [7, 11) is -0.614. The Kier molecular flexibility index (Phi) is 4.67. The van der Waals surface area contributed by atoms with Crippen LogP contribution in [0.15, 0.2) is 23.1 Å². The first kappa shape index (κ1) is 15.6. The number of anilines is 1. The Labute approximate surface area is 113 Å². The highest BCUT2D eigenvalue weighted by Gasteiger charge is 2.19. The van der Waals surface area contributed by atoms with Crippen molar-refractivity contribution in [3.8, 4) is 0 Å². The maximum absolute atomic E-state index is 12.0. The Morgan fingerprint density at radius 3 is 2.42 bits per heavy atom. The van der Waals surface area contributed by atoms with E-state index in [4.69, 9.17) is 5.73 Å². The Balaban J connectivity index is 3.19. The third-order valence-electron chi connectivity index (χ3n) is 2.66. The van der Waals surface area contributed by atoms with Crippen molar-refractivity contribution in [3.05, 3.63) is 23.8 Å². The summed E-state index contributed by atoms with van der Waals surface area (Å²) in [6, 6.07) is 3.93. The average molecular weight is 285 g/mol. The SMILES string of the molecule is Cc1ccc(S(=O)(=O)N(C)C)cc1NC(=O)[C@@H](C)N. The molecular weight excluding hydrogens is 266 g/mol. The average Bonchev–Trinajstić information content (AvgIpc) is 2.31. The Bertz CT molecular complexity index is 580. The van der Waals surface area contributed by atoms with Gasteiger partial charge >= 0.3 is 0 Å². The molecule has 19 heavy (non-hydrogen) atoms.